The molecule has 15 heteroatoms. The van der Waals surface area contributed by atoms with Gasteiger partial charge < -0.3 is 31.1 Å². The highest BCUT2D eigenvalue weighted by atomic mass is 19.4. The molecule has 0 aliphatic carbocycles. The topological polar surface area (TPSA) is 131 Å². The van der Waals surface area contributed by atoms with Crippen molar-refractivity contribution in [2.75, 3.05) is 45.6 Å². The first-order chi connectivity index (χ1) is 20.9. The van der Waals surface area contributed by atoms with Crippen molar-refractivity contribution in [3.63, 3.8) is 0 Å². The zero-order chi connectivity index (χ0) is 34.4. The molecular weight excluding hydrogens is 610 g/mol. The molecule has 3 aromatic carbocycles. The van der Waals surface area contributed by atoms with Gasteiger partial charge >= 0.3 is 24.3 Å². The minimum absolute atomic E-state index is 0.0484. The van der Waals surface area contributed by atoms with Gasteiger partial charge in [-0.3, -0.25) is 4.79 Å². The number of nitrogens with zero attached hydrogens (tertiary/aromatic N) is 1. The Morgan fingerprint density at radius 2 is 1.38 bits per heavy atom. The fourth-order valence-corrected chi connectivity index (χ4v) is 3.76. The van der Waals surface area contributed by atoms with Gasteiger partial charge in [-0.05, 0) is 62.0 Å². The smallest absolute Gasteiger partial charge is 0.475 e. The van der Waals surface area contributed by atoms with Crippen molar-refractivity contribution in [2.45, 2.75) is 32.2 Å². The number of halogens is 6. The fraction of sp³-hybridized carbons (Fsp3) is 0.367. The van der Waals surface area contributed by atoms with Crippen molar-refractivity contribution in [2.24, 2.45) is 0 Å². The number of nitrogens with one attached hydrogen (secondary N) is 3. The van der Waals surface area contributed by atoms with E-state index in [1.54, 1.807) is 0 Å². The van der Waals surface area contributed by atoms with Crippen LogP contribution < -0.4 is 16.0 Å². The molecule has 0 heterocycles. The number of fused-ring (bicyclic) bond motifs is 1. The maximum Gasteiger partial charge on any atom is 0.490 e. The summed E-state index contributed by atoms with van der Waals surface area (Å²) in [5.41, 5.74) is 3.78. The van der Waals surface area contributed by atoms with Crippen molar-refractivity contribution in [3.05, 3.63) is 77.4 Å². The van der Waals surface area contributed by atoms with Crippen LogP contribution in [-0.4, -0.2) is 85.6 Å². The first-order valence-corrected chi connectivity index (χ1v) is 13.4. The van der Waals surface area contributed by atoms with E-state index in [0.29, 0.717) is 5.56 Å². The maximum atomic E-state index is 13.1. The molecule has 0 fully saturated rings. The molecule has 45 heavy (non-hydrogen) atoms. The van der Waals surface area contributed by atoms with Crippen molar-refractivity contribution in [1.29, 1.82) is 0 Å². The first kappa shape index (κ1) is 38.7. The SMILES string of the molecule is CNCCN(C)CCNc1ccc(C)c(C(=O)N[C@H](C)c2cccc3ccccc23)c1.O=C(O)C(F)(F)F.O=C(O)C(F)(F)F. The number of carbonyl (C=O) groups is 3. The van der Waals surface area contributed by atoms with Crippen molar-refractivity contribution < 1.29 is 50.9 Å². The summed E-state index contributed by atoms with van der Waals surface area (Å²) in [7, 11) is 4.08. The van der Waals surface area contributed by atoms with Gasteiger partial charge in [0.1, 0.15) is 0 Å². The molecule has 1 atom stereocenters. The average Bonchev–Trinajstić information content (AvgIpc) is 2.96. The number of carboxylic acids is 2. The number of benzene rings is 3. The highest BCUT2D eigenvalue weighted by molar-refractivity contribution is 5.97. The van der Waals surface area contributed by atoms with Crippen LogP contribution in [0.3, 0.4) is 0 Å². The molecule has 0 saturated heterocycles. The Balaban J connectivity index is 0.000000601. The van der Waals surface area contributed by atoms with Gasteiger partial charge in [0.15, 0.2) is 0 Å². The number of hydrogen-bond acceptors (Lipinski definition) is 6. The summed E-state index contributed by atoms with van der Waals surface area (Å²) in [6.07, 6.45) is -10.2. The number of carboxylic acid groups (broad SMARTS) is 2. The van der Waals surface area contributed by atoms with Crippen LogP contribution in [-0.2, 0) is 9.59 Å². The third-order valence-corrected chi connectivity index (χ3v) is 6.17. The molecule has 0 radical (unpaired) electrons. The number of alkyl halides is 6. The lowest BCUT2D eigenvalue weighted by Crippen LogP contribution is -2.31. The van der Waals surface area contributed by atoms with Crippen LogP contribution in [0.2, 0.25) is 0 Å². The largest absolute Gasteiger partial charge is 0.490 e. The van der Waals surface area contributed by atoms with Crippen LogP contribution in [0.1, 0.15) is 34.5 Å². The number of likely N-dealkylation sites (N-methyl/N-ethyl adjacent to an activating group) is 2. The predicted molar refractivity (Wildman–Crippen MR) is 158 cm³/mol. The van der Waals surface area contributed by atoms with Crippen LogP contribution in [0.25, 0.3) is 10.8 Å². The molecule has 0 unspecified atom stereocenters. The monoisotopic (exact) mass is 646 g/mol. The Kier molecular flexibility index (Phi) is 15.3. The minimum Gasteiger partial charge on any atom is -0.475 e. The van der Waals surface area contributed by atoms with Crippen LogP contribution in [0.15, 0.2) is 60.7 Å². The molecule has 3 aromatic rings. The van der Waals surface area contributed by atoms with Crippen molar-refractivity contribution in [3.8, 4) is 0 Å². The van der Waals surface area contributed by atoms with E-state index in [1.807, 2.05) is 57.3 Å². The quantitative estimate of drug-likeness (QED) is 0.184. The van der Waals surface area contributed by atoms with Crippen LogP contribution in [0.4, 0.5) is 32.0 Å². The average molecular weight is 647 g/mol. The molecule has 1 amide bonds. The van der Waals surface area contributed by atoms with E-state index < -0.39 is 24.3 Å². The molecule has 0 aliphatic rings. The molecule has 3 rings (SSSR count). The molecule has 0 bridgehead atoms. The van der Waals surface area contributed by atoms with Crippen LogP contribution in [0, 0.1) is 6.92 Å². The standard InChI is InChI=1S/C26H34N4O.2C2HF3O2/c1-19-12-13-22(28-15-17-30(4)16-14-27-3)18-25(19)26(31)29-20(2)23-11-7-9-21-8-5-6-10-24(21)23;2*3-2(4,5)1(6)7/h5-13,18,20,27-28H,14-17H2,1-4H3,(H,29,31);2*(H,6,7)/t20-;;/m1../s1. The number of rotatable bonds is 10. The van der Waals surface area contributed by atoms with Gasteiger partial charge in [0.05, 0.1) is 6.04 Å². The molecule has 0 spiro atoms. The zero-order valence-electron chi connectivity index (χ0n) is 25.0. The Labute approximate surface area is 256 Å². The number of anilines is 1. The number of amides is 1. The molecule has 5 N–H and O–H groups in total. The second-order valence-electron chi connectivity index (χ2n) is 9.73. The molecule has 248 valence electrons. The Morgan fingerprint density at radius 1 is 0.844 bits per heavy atom. The summed E-state index contributed by atoms with van der Waals surface area (Å²) < 4.78 is 63.5. The summed E-state index contributed by atoms with van der Waals surface area (Å²) >= 11 is 0. The summed E-state index contributed by atoms with van der Waals surface area (Å²) in [6, 6.07) is 20.4. The number of aryl methyl sites for hydroxylation is 1. The summed E-state index contributed by atoms with van der Waals surface area (Å²) in [4.78, 5) is 33.2. The highest BCUT2D eigenvalue weighted by Gasteiger charge is 2.38. The van der Waals surface area contributed by atoms with Gasteiger partial charge in [0.25, 0.3) is 5.91 Å². The van der Waals surface area contributed by atoms with Gasteiger partial charge in [-0.15, -0.1) is 0 Å². The molecular formula is C30H36F6N4O5. The fourth-order valence-electron chi connectivity index (χ4n) is 3.76. The molecule has 0 saturated carbocycles. The van der Waals surface area contributed by atoms with E-state index in [1.165, 1.54) is 10.8 Å². The van der Waals surface area contributed by atoms with E-state index in [0.717, 1.165) is 43.0 Å². The second-order valence-corrected chi connectivity index (χ2v) is 9.73. The summed E-state index contributed by atoms with van der Waals surface area (Å²) in [5.74, 6) is -5.56. The third-order valence-electron chi connectivity index (χ3n) is 6.17. The summed E-state index contributed by atoms with van der Waals surface area (Å²) in [5, 5.41) is 26.4. The number of hydrogen-bond donors (Lipinski definition) is 5. The van der Waals surface area contributed by atoms with E-state index in [-0.39, 0.29) is 11.9 Å². The van der Waals surface area contributed by atoms with Crippen LogP contribution in [0.5, 0.6) is 0 Å². The molecule has 0 aliphatic heterocycles. The van der Waals surface area contributed by atoms with Gasteiger partial charge in [-0.25, -0.2) is 9.59 Å². The minimum atomic E-state index is -5.08. The third kappa shape index (κ3) is 13.9. The first-order valence-electron chi connectivity index (χ1n) is 13.4. The highest BCUT2D eigenvalue weighted by Crippen LogP contribution is 2.25. The normalized spacial score (nSPS) is 11.9. The summed E-state index contributed by atoms with van der Waals surface area (Å²) in [6.45, 7) is 7.77. The number of carbonyl (C=O) groups excluding carboxylic acids is 1. The predicted octanol–water partition coefficient (Wildman–Crippen LogP) is 5.47. The lowest BCUT2D eigenvalue weighted by molar-refractivity contribution is -0.193. The van der Waals surface area contributed by atoms with Gasteiger partial charge in [0, 0.05) is 37.4 Å². The lowest BCUT2D eigenvalue weighted by Gasteiger charge is -2.19. The second kappa shape index (κ2) is 17.8. The van der Waals surface area contributed by atoms with E-state index >= 15 is 0 Å². The van der Waals surface area contributed by atoms with Crippen molar-refractivity contribution >= 4 is 34.3 Å². The number of aliphatic carboxylic acids is 2. The zero-order valence-corrected chi connectivity index (χ0v) is 25.0. The maximum absolute atomic E-state index is 13.1. The van der Waals surface area contributed by atoms with Gasteiger partial charge in [0.2, 0.25) is 0 Å². The molecule has 0 aromatic heterocycles. The van der Waals surface area contributed by atoms with Gasteiger partial charge in [-0.1, -0.05) is 48.5 Å². The van der Waals surface area contributed by atoms with E-state index in [2.05, 4.69) is 52.2 Å². The Hall–Kier alpha value is -4.37. The van der Waals surface area contributed by atoms with Crippen molar-refractivity contribution in [1.82, 2.24) is 15.5 Å². The lowest BCUT2D eigenvalue weighted by atomic mass is 9.99. The van der Waals surface area contributed by atoms with Crippen LogP contribution >= 0.6 is 0 Å². The van der Waals surface area contributed by atoms with E-state index in [4.69, 9.17) is 19.8 Å². The Bertz CT molecular complexity index is 1390. The van der Waals surface area contributed by atoms with Gasteiger partial charge in [-0.2, -0.15) is 26.3 Å². The molecule has 9 nitrogen and oxygen atoms in total. The Morgan fingerprint density at radius 3 is 1.93 bits per heavy atom. The van der Waals surface area contributed by atoms with E-state index in [9.17, 15) is 31.1 Å².